The molecule has 1 unspecified atom stereocenters. The van der Waals surface area contributed by atoms with Crippen molar-refractivity contribution in [2.75, 3.05) is 18.8 Å². The molecule has 1 saturated heterocycles. The molecule has 1 aliphatic heterocycles. The molecule has 1 aromatic carbocycles. The molecule has 1 atom stereocenters. The Labute approximate surface area is 145 Å². The van der Waals surface area contributed by atoms with Gasteiger partial charge in [-0.3, -0.25) is 9.59 Å². The molecule has 1 fully saturated rings. The van der Waals surface area contributed by atoms with E-state index < -0.39 is 16.9 Å². The molecule has 1 N–H and O–H groups in total. The lowest BCUT2D eigenvalue weighted by Crippen LogP contribution is -2.46. The Bertz CT molecular complexity index is 584. The fraction of sp³-hybridized carbons (Fsp3) is 0.529. The number of thioether (sulfide) groups is 1. The van der Waals surface area contributed by atoms with Crippen molar-refractivity contribution >= 4 is 23.6 Å². The van der Waals surface area contributed by atoms with E-state index >= 15 is 0 Å². The topological polar surface area (TPSA) is 49.4 Å². The number of benzene rings is 1. The van der Waals surface area contributed by atoms with Crippen molar-refractivity contribution in [3.8, 4) is 0 Å². The highest BCUT2D eigenvalue weighted by atomic mass is 32.2. The third-order valence-electron chi connectivity index (χ3n) is 4.18. The molecule has 0 radical (unpaired) electrons. The van der Waals surface area contributed by atoms with E-state index in [0.29, 0.717) is 13.1 Å². The number of nitrogens with one attached hydrogen (secondary N) is 1. The number of likely N-dealkylation sites (tertiary alicyclic amines) is 1. The quantitative estimate of drug-likeness (QED) is 0.883. The molecule has 0 saturated carbocycles. The minimum Gasteiger partial charge on any atom is -0.353 e. The van der Waals surface area contributed by atoms with Crippen LogP contribution in [0.4, 0.5) is 8.78 Å². The van der Waals surface area contributed by atoms with Gasteiger partial charge in [-0.25, -0.2) is 8.78 Å². The van der Waals surface area contributed by atoms with Gasteiger partial charge in [-0.2, -0.15) is 0 Å². The number of hydrogen-bond donors (Lipinski definition) is 1. The Morgan fingerprint density at radius 1 is 1.29 bits per heavy atom. The van der Waals surface area contributed by atoms with E-state index in [-0.39, 0.29) is 29.2 Å². The van der Waals surface area contributed by atoms with Gasteiger partial charge in [0, 0.05) is 36.9 Å². The van der Waals surface area contributed by atoms with Gasteiger partial charge in [0.15, 0.2) is 0 Å². The van der Waals surface area contributed by atoms with Crippen LogP contribution in [0, 0.1) is 11.6 Å². The van der Waals surface area contributed by atoms with E-state index in [2.05, 4.69) is 5.32 Å². The minimum absolute atomic E-state index is 0.00469. The lowest BCUT2D eigenvalue weighted by molar-refractivity contribution is -0.130. The van der Waals surface area contributed by atoms with Crippen LogP contribution in [0.2, 0.25) is 0 Å². The predicted octanol–water partition coefficient (Wildman–Crippen LogP) is 2.89. The number of hydrogen-bond acceptors (Lipinski definition) is 3. The summed E-state index contributed by atoms with van der Waals surface area (Å²) in [6.07, 6.45) is 1.46. The van der Waals surface area contributed by atoms with Crippen LogP contribution in [-0.2, 0) is 9.59 Å². The summed E-state index contributed by atoms with van der Waals surface area (Å²) in [5, 5.41) is 2.48. The van der Waals surface area contributed by atoms with E-state index in [0.717, 1.165) is 12.8 Å². The van der Waals surface area contributed by atoms with Crippen LogP contribution >= 0.6 is 11.8 Å². The number of carbonyl (C=O) groups is 2. The lowest BCUT2D eigenvalue weighted by atomic mass is 10.1. The van der Waals surface area contributed by atoms with E-state index in [4.69, 9.17) is 0 Å². The molecule has 0 bridgehead atoms. The molecular formula is C17H22F2N2O2S. The van der Waals surface area contributed by atoms with E-state index in [1.165, 1.54) is 30.0 Å². The number of piperidine rings is 1. The molecular weight excluding hydrogens is 334 g/mol. The van der Waals surface area contributed by atoms with Crippen LogP contribution in [-0.4, -0.2) is 41.6 Å². The summed E-state index contributed by atoms with van der Waals surface area (Å²) in [5.74, 6) is -1.14. The monoisotopic (exact) mass is 356 g/mol. The Balaban J connectivity index is 1.78. The molecule has 132 valence electrons. The van der Waals surface area contributed by atoms with Crippen LogP contribution < -0.4 is 5.32 Å². The first-order chi connectivity index (χ1) is 11.4. The van der Waals surface area contributed by atoms with Crippen molar-refractivity contribution in [1.82, 2.24) is 10.2 Å². The fourth-order valence-corrected chi connectivity index (χ4v) is 3.67. The number of nitrogens with zero attached hydrogens (tertiary/aromatic N) is 1. The standard InChI is InChI=1S/C17H22F2N2O2S/c1-11(17-14(18)4-3-5-15(17)19)24-10-16(23)20-13-6-8-21(9-7-13)12(2)22/h3-5,11,13H,6-10H2,1-2H3,(H,20,23). The number of rotatable bonds is 5. The first-order valence-electron chi connectivity index (χ1n) is 7.99. The Morgan fingerprint density at radius 3 is 2.42 bits per heavy atom. The van der Waals surface area contributed by atoms with Crippen molar-refractivity contribution in [2.24, 2.45) is 0 Å². The first kappa shape index (κ1) is 18.7. The zero-order valence-corrected chi connectivity index (χ0v) is 14.7. The van der Waals surface area contributed by atoms with Crippen molar-refractivity contribution in [1.29, 1.82) is 0 Å². The predicted molar refractivity (Wildman–Crippen MR) is 90.6 cm³/mol. The minimum atomic E-state index is -0.591. The fourth-order valence-electron chi connectivity index (χ4n) is 2.79. The van der Waals surface area contributed by atoms with Gasteiger partial charge < -0.3 is 10.2 Å². The Hall–Kier alpha value is -1.63. The lowest BCUT2D eigenvalue weighted by Gasteiger charge is -2.31. The maximum Gasteiger partial charge on any atom is 0.230 e. The van der Waals surface area contributed by atoms with Crippen LogP contribution in [0.5, 0.6) is 0 Å². The average molecular weight is 356 g/mol. The summed E-state index contributed by atoms with van der Waals surface area (Å²) in [6, 6.07) is 3.82. The van der Waals surface area contributed by atoms with Gasteiger partial charge in [0.25, 0.3) is 0 Å². The summed E-state index contributed by atoms with van der Waals surface area (Å²) in [5.41, 5.74) is 0.00469. The number of halogens is 2. The third-order valence-corrected chi connectivity index (χ3v) is 5.34. The molecule has 7 heteroatoms. The van der Waals surface area contributed by atoms with Crippen LogP contribution in [0.1, 0.15) is 37.5 Å². The van der Waals surface area contributed by atoms with Crippen LogP contribution in [0.3, 0.4) is 0 Å². The molecule has 2 rings (SSSR count). The van der Waals surface area contributed by atoms with E-state index in [9.17, 15) is 18.4 Å². The van der Waals surface area contributed by atoms with Gasteiger partial charge in [-0.05, 0) is 31.9 Å². The largest absolute Gasteiger partial charge is 0.353 e. The molecule has 1 aromatic rings. The summed E-state index contributed by atoms with van der Waals surface area (Å²) in [4.78, 5) is 25.1. The first-order valence-corrected chi connectivity index (χ1v) is 9.03. The molecule has 0 aliphatic carbocycles. The second-order valence-electron chi connectivity index (χ2n) is 5.94. The van der Waals surface area contributed by atoms with Gasteiger partial charge in [-0.1, -0.05) is 6.07 Å². The molecule has 1 aliphatic rings. The second-order valence-corrected chi connectivity index (χ2v) is 7.27. The third kappa shape index (κ3) is 4.93. The van der Waals surface area contributed by atoms with Crippen molar-refractivity contribution in [2.45, 2.75) is 38.0 Å². The summed E-state index contributed by atoms with van der Waals surface area (Å²) in [7, 11) is 0. The highest BCUT2D eigenvalue weighted by molar-refractivity contribution is 8.00. The van der Waals surface area contributed by atoms with E-state index in [1.807, 2.05) is 0 Å². The highest BCUT2D eigenvalue weighted by Crippen LogP contribution is 2.31. The SMILES string of the molecule is CC(=O)N1CCC(NC(=O)CSC(C)c2c(F)cccc2F)CC1. The Kier molecular flexibility index (Phi) is 6.60. The van der Waals surface area contributed by atoms with Gasteiger partial charge in [-0.15, -0.1) is 11.8 Å². The summed E-state index contributed by atoms with van der Waals surface area (Å²) in [6.45, 7) is 4.51. The zero-order chi connectivity index (χ0) is 17.7. The Morgan fingerprint density at radius 2 is 1.88 bits per heavy atom. The normalized spacial score (nSPS) is 16.8. The van der Waals surface area contributed by atoms with Crippen molar-refractivity contribution in [3.63, 3.8) is 0 Å². The maximum absolute atomic E-state index is 13.7. The second kappa shape index (κ2) is 8.46. The molecule has 24 heavy (non-hydrogen) atoms. The number of amides is 2. The van der Waals surface area contributed by atoms with Gasteiger partial charge in [0.1, 0.15) is 11.6 Å². The molecule has 1 heterocycles. The molecule has 0 aromatic heterocycles. The smallest absolute Gasteiger partial charge is 0.230 e. The molecule has 0 spiro atoms. The number of carbonyl (C=O) groups excluding carboxylic acids is 2. The van der Waals surface area contributed by atoms with Crippen LogP contribution in [0.25, 0.3) is 0 Å². The molecule has 2 amide bonds. The van der Waals surface area contributed by atoms with Crippen LogP contribution in [0.15, 0.2) is 18.2 Å². The average Bonchev–Trinajstić information content (AvgIpc) is 2.53. The molecule has 4 nitrogen and oxygen atoms in total. The zero-order valence-electron chi connectivity index (χ0n) is 13.9. The van der Waals surface area contributed by atoms with Gasteiger partial charge in [0.2, 0.25) is 11.8 Å². The van der Waals surface area contributed by atoms with Gasteiger partial charge >= 0.3 is 0 Å². The van der Waals surface area contributed by atoms with Crippen molar-refractivity contribution < 1.29 is 18.4 Å². The highest BCUT2D eigenvalue weighted by Gasteiger charge is 2.23. The summed E-state index contributed by atoms with van der Waals surface area (Å²) >= 11 is 1.20. The van der Waals surface area contributed by atoms with E-state index in [1.54, 1.807) is 18.7 Å². The van der Waals surface area contributed by atoms with Gasteiger partial charge in [0.05, 0.1) is 5.75 Å². The van der Waals surface area contributed by atoms with Crippen molar-refractivity contribution in [3.05, 3.63) is 35.4 Å². The maximum atomic E-state index is 13.7. The summed E-state index contributed by atoms with van der Waals surface area (Å²) < 4.78 is 27.4.